The number of hydrogen-bond donors (Lipinski definition) is 0. The van der Waals surface area contributed by atoms with Gasteiger partial charge in [0.15, 0.2) is 6.17 Å². The van der Waals surface area contributed by atoms with Gasteiger partial charge in [0.25, 0.3) is 0 Å². The van der Waals surface area contributed by atoms with Crippen LogP contribution in [0.4, 0.5) is 0 Å². The molecule has 4 aromatic rings. The van der Waals surface area contributed by atoms with Crippen molar-refractivity contribution in [3.05, 3.63) is 89.6 Å². The Kier molecular flexibility index (Phi) is 4.86. The van der Waals surface area contributed by atoms with Crippen molar-refractivity contribution in [2.75, 3.05) is 0 Å². The predicted molar refractivity (Wildman–Crippen MR) is 138 cm³/mol. The molecule has 0 N–H and O–H groups in total. The van der Waals surface area contributed by atoms with E-state index in [9.17, 15) is 0 Å². The maximum absolute atomic E-state index is 8.79. The van der Waals surface area contributed by atoms with Crippen LogP contribution in [0.2, 0.25) is 0 Å². The zero-order valence-electron chi connectivity index (χ0n) is 22.7. The van der Waals surface area contributed by atoms with Crippen LogP contribution in [0.3, 0.4) is 0 Å². The Morgan fingerprint density at radius 1 is 0.781 bits per heavy atom. The molecule has 1 nitrogen and oxygen atoms in total. The summed E-state index contributed by atoms with van der Waals surface area (Å²) in [6.07, 6.45) is 0.227. The molecule has 4 rings (SSSR count). The number of fused-ring (bicyclic) bond motifs is 1. The molecule has 0 bridgehead atoms. The number of nitrogens with zero attached hydrogens (tertiary/aromatic N) is 1. The highest BCUT2D eigenvalue weighted by Gasteiger charge is 2.27. The second-order valence-electron chi connectivity index (χ2n) is 11.0. The summed E-state index contributed by atoms with van der Waals surface area (Å²) < 4.78 is 19.4. The second-order valence-corrected chi connectivity index (χ2v) is 11.0. The van der Waals surface area contributed by atoms with E-state index in [1.165, 1.54) is 16.7 Å². The van der Waals surface area contributed by atoms with Crippen molar-refractivity contribution in [1.82, 2.24) is 0 Å². The SMILES string of the molecule is [2H]c1c([2H])[n+](C)c(-c2cc(C(C)(C)C)cc(C(C)(C)C)c2C)c2ccc(-c3ccccc3)cc12. The Morgan fingerprint density at radius 3 is 2.09 bits per heavy atom. The average molecular weight is 425 g/mol. The van der Waals surface area contributed by atoms with Crippen LogP contribution in [0.1, 0.15) is 61.0 Å². The number of rotatable bonds is 2. The zero-order chi connectivity index (χ0) is 25.0. The fourth-order valence-corrected chi connectivity index (χ4v) is 4.54. The molecule has 0 aliphatic carbocycles. The van der Waals surface area contributed by atoms with Crippen molar-refractivity contribution in [3.8, 4) is 22.4 Å². The molecule has 0 saturated heterocycles. The molecular formula is C31H36N+. The van der Waals surface area contributed by atoms with Crippen LogP contribution in [0.25, 0.3) is 33.2 Å². The van der Waals surface area contributed by atoms with Gasteiger partial charge in [-0.2, -0.15) is 0 Å². The maximum Gasteiger partial charge on any atom is 0.220 e. The summed E-state index contributed by atoms with van der Waals surface area (Å²) in [5.41, 5.74) is 8.17. The van der Waals surface area contributed by atoms with Crippen LogP contribution in [0, 0.1) is 6.92 Å². The number of pyridine rings is 1. The van der Waals surface area contributed by atoms with Gasteiger partial charge in [0, 0.05) is 6.04 Å². The molecule has 0 fully saturated rings. The van der Waals surface area contributed by atoms with E-state index in [0.29, 0.717) is 0 Å². The minimum Gasteiger partial charge on any atom is -0.200 e. The smallest absolute Gasteiger partial charge is 0.200 e. The molecule has 1 heteroatoms. The molecule has 0 amide bonds. The first-order chi connectivity index (χ1) is 15.8. The number of aromatic nitrogens is 1. The molecule has 32 heavy (non-hydrogen) atoms. The van der Waals surface area contributed by atoms with E-state index >= 15 is 0 Å². The minimum atomic E-state index is -0.00585. The van der Waals surface area contributed by atoms with Gasteiger partial charge in [0.05, 0.1) is 12.3 Å². The van der Waals surface area contributed by atoms with Gasteiger partial charge in [0.2, 0.25) is 5.69 Å². The van der Waals surface area contributed by atoms with E-state index in [2.05, 4.69) is 90.9 Å². The molecule has 0 saturated carbocycles. The van der Waals surface area contributed by atoms with Crippen molar-refractivity contribution in [3.63, 3.8) is 0 Å². The molecule has 0 atom stereocenters. The van der Waals surface area contributed by atoms with Crippen molar-refractivity contribution in [2.45, 2.75) is 59.3 Å². The Morgan fingerprint density at radius 2 is 1.47 bits per heavy atom. The van der Waals surface area contributed by atoms with E-state index in [0.717, 1.165) is 33.2 Å². The summed E-state index contributed by atoms with van der Waals surface area (Å²) in [4.78, 5) is 0. The lowest BCUT2D eigenvalue weighted by atomic mass is 9.76. The molecular weight excluding hydrogens is 386 g/mol. The zero-order valence-corrected chi connectivity index (χ0v) is 20.7. The summed E-state index contributed by atoms with van der Waals surface area (Å²) in [5, 5.41) is 1.83. The monoisotopic (exact) mass is 424 g/mol. The molecule has 0 radical (unpaired) electrons. The molecule has 3 aromatic carbocycles. The first-order valence-corrected chi connectivity index (χ1v) is 11.4. The van der Waals surface area contributed by atoms with E-state index in [-0.39, 0.29) is 23.0 Å². The molecule has 0 aliphatic heterocycles. The standard InChI is InChI=1S/C31H36N/c1-21-27(19-25(30(2,3)4)20-28(21)31(5,6)7)29-26-15-14-23(22-12-10-9-11-13-22)18-24(26)16-17-32(29)8/h9-20H,1-8H3/q+1/i16D,17D. The lowest BCUT2D eigenvalue weighted by molar-refractivity contribution is -0.659. The van der Waals surface area contributed by atoms with Crippen molar-refractivity contribution in [1.29, 1.82) is 0 Å². The Labute approximate surface area is 196 Å². The molecule has 1 heterocycles. The summed E-state index contributed by atoms with van der Waals surface area (Å²) in [5.74, 6) is 0. The van der Waals surface area contributed by atoms with Gasteiger partial charge >= 0.3 is 0 Å². The Balaban J connectivity index is 2.11. The van der Waals surface area contributed by atoms with Crippen LogP contribution >= 0.6 is 0 Å². The third kappa shape index (κ3) is 4.09. The first-order valence-electron chi connectivity index (χ1n) is 12.4. The summed E-state index contributed by atoms with van der Waals surface area (Å²) in [6, 6.07) is 21.5. The van der Waals surface area contributed by atoms with E-state index in [1.807, 2.05) is 29.8 Å². The molecule has 0 aliphatic rings. The predicted octanol–water partition coefficient (Wildman–Crippen LogP) is 7.90. The summed E-state index contributed by atoms with van der Waals surface area (Å²) in [7, 11) is 1.92. The lowest BCUT2D eigenvalue weighted by Gasteiger charge is -2.28. The largest absolute Gasteiger partial charge is 0.220 e. The summed E-state index contributed by atoms with van der Waals surface area (Å²) in [6.45, 7) is 15.7. The molecule has 0 unspecified atom stereocenters. The van der Waals surface area contributed by atoms with Gasteiger partial charge < -0.3 is 0 Å². The fourth-order valence-electron chi connectivity index (χ4n) is 4.54. The van der Waals surface area contributed by atoms with Gasteiger partial charge in [-0.3, -0.25) is 0 Å². The van der Waals surface area contributed by atoms with E-state index in [4.69, 9.17) is 2.74 Å². The van der Waals surface area contributed by atoms with Crippen molar-refractivity contribution >= 4 is 10.8 Å². The molecule has 164 valence electrons. The Hall–Kier alpha value is -2.93. The topological polar surface area (TPSA) is 3.88 Å². The quantitative estimate of drug-likeness (QED) is 0.288. The summed E-state index contributed by atoms with van der Waals surface area (Å²) >= 11 is 0. The average Bonchev–Trinajstić information content (AvgIpc) is 2.77. The second kappa shape index (κ2) is 7.89. The van der Waals surface area contributed by atoms with E-state index in [1.54, 1.807) is 0 Å². The normalized spacial score (nSPS) is 13.2. The highest BCUT2D eigenvalue weighted by molar-refractivity contribution is 5.96. The third-order valence-corrected chi connectivity index (χ3v) is 6.41. The van der Waals surface area contributed by atoms with Crippen LogP contribution in [0.15, 0.2) is 72.9 Å². The maximum atomic E-state index is 8.79. The van der Waals surface area contributed by atoms with Gasteiger partial charge in [-0.05, 0) is 69.2 Å². The fraction of sp³-hybridized carbons (Fsp3) is 0.323. The number of hydrogen-bond acceptors (Lipinski definition) is 0. The van der Waals surface area contributed by atoms with Crippen LogP contribution in [-0.2, 0) is 17.9 Å². The van der Waals surface area contributed by atoms with Gasteiger partial charge in [-0.25, -0.2) is 4.57 Å². The molecule has 0 spiro atoms. The lowest BCUT2D eigenvalue weighted by Crippen LogP contribution is -2.31. The van der Waals surface area contributed by atoms with Crippen molar-refractivity contribution < 1.29 is 7.31 Å². The molecule has 1 aromatic heterocycles. The van der Waals surface area contributed by atoms with Crippen molar-refractivity contribution in [2.24, 2.45) is 7.05 Å². The highest BCUT2D eigenvalue weighted by Crippen LogP contribution is 2.39. The van der Waals surface area contributed by atoms with Gasteiger partial charge in [-0.1, -0.05) is 84.0 Å². The van der Waals surface area contributed by atoms with Crippen LogP contribution < -0.4 is 4.57 Å². The Bertz CT molecular complexity index is 1390. The van der Waals surface area contributed by atoms with Crippen LogP contribution in [0.5, 0.6) is 0 Å². The van der Waals surface area contributed by atoms with Gasteiger partial charge in [-0.15, -0.1) is 0 Å². The first kappa shape index (κ1) is 19.7. The van der Waals surface area contributed by atoms with E-state index < -0.39 is 0 Å². The minimum absolute atomic E-state index is 0.00351. The van der Waals surface area contributed by atoms with Crippen LogP contribution in [-0.4, -0.2) is 0 Å². The number of benzene rings is 3. The highest BCUT2D eigenvalue weighted by atomic mass is 14.9. The third-order valence-electron chi connectivity index (χ3n) is 6.41. The van der Waals surface area contributed by atoms with Gasteiger partial charge in [0.1, 0.15) is 8.42 Å².